The van der Waals surface area contributed by atoms with Gasteiger partial charge in [0.25, 0.3) is 0 Å². The summed E-state index contributed by atoms with van der Waals surface area (Å²) in [5, 5.41) is 31.0. The van der Waals surface area contributed by atoms with Gasteiger partial charge < -0.3 is 15.3 Å². The molecule has 0 aromatic heterocycles. The fourth-order valence-corrected chi connectivity index (χ4v) is 9.29. The lowest BCUT2D eigenvalue weighted by Crippen LogP contribution is -2.63. The van der Waals surface area contributed by atoms with Crippen LogP contribution in [0.2, 0.25) is 0 Å². The number of hydrogen-bond donors (Lipinski definition) is 3. The number of hydrogen-bond acceptors (Lipinski definition) is 4. The van der Waals surface area contributed by atoms with Gasteiger partial charge in [0.05, 0.1) is 5.41 Å². The molecule has 0 spiro atoms. The predicted molar refractivity (Wildman–Crippen MR) is 135 cm³/mol. The van der Waals surface area contributed by atoms with Crippen LogP contribution in [-0.4, -0.2) is 27.1 Å². The zero-order chi connectivity index (χ0) is 25.8. The summed E-state index contributed by atoms with van der Waals surface area (Å²) in [5.74, 6) is -0.905. The van der Waals surface area contributed by atoms with Crippen LogP contribution < -0.4 is 0 Å². The van der Waals surface area contributed by atoms with Crippen LogP contribution in [0.5, 0.6) is 11.5 Å². The standard InChI is InChI=1S/C30H40O5/c1-7-30-13-11-28(5)18-14-20(32)24(33)17(2)23(18)19(31)15-21(28)29(30,6)12-10-26(3)8-9-27(4,25(34)35)16-22(26)30/h14-15,22,32-33H,7-13,16H2,1-6H3,(H,34,35)/t22-,26-,27-,28+,29-,30+/m1/s1. The highest BCUT2D eigenvalue weighted by molar-refractivity contribution is 6.10. The van der Waals surface area contributed by atoms with E-state index in [1.165, 1.54) is 0 Å². The molecule has 1 aromatic rings. The number of benzene rings is 1. The smallest absolute Gasteiger partial charge is 0.309 e. The number of aliphatic carboxylic acids is 1. The van der Waals surface area contributed by atoms with Gasteiger partial charge in [0, 0.05) is 16.5 Å². The number of ketones is 1. The molecule has 3 fully saturated rings. The fourth-order valence-electron chi connectivity index (χ4n) is 9.29. The Bertz CT molecular complexity index is 1180. The molecule has 1 aromatic carbocycles. The van der Waals surface area contributed by atoms with Gasteiger partial charge in [0.15, 0.2) is 17.3 Å². The number of carbonyl (C=O) groups is 2. The molecule has 35 heavy (non-hydrogen) atoms. The summed E-state index contributed by atoms with van der Waals surface area (Å²) < 4.78 is 0. The molecule has 0 heterocycles. The molecule has 3 N–H and O–H groups in total. The van der Waals surface area contributed by atoms with Crippen LogP contribution in [0.25, 0.3) is 0 Å². The van der Waals surface area contributed by atoms with E-state index in [9.17, 15) is 24.9 Å². The van der Waals surface area contributed by atoms with Crippen molar-refractivity contribution >= 4 is 11.8 Å². The summed E-state index contributed by atoms with van der Waals surface area (Å²) in [5.41, 5.74) is 1.58. The van der Waals surface area contributed by atoms with Gasteiger partial charge in [-0.25, -0.2) is 0 Å². The van der Waals surface area contributed by atoms with Gasteiger partial charge in [-0.1, -0.05) is 27.7 Å². The van der Waals surface area contributed by atoms with Crippen LogP contribution in [0.1, 0.15) is 107 Å². The Labute approximate surface area is 208 Å². The highest BCUT2D eigenvalue weighted by Crippen LogP contribution is 2.75. The van der Waals surface area contributed by atoms with Crippen LogP contribution in [0.4, 0.5) is 0 Å². The lowest BCUT2D eigenvalue weighted by atomic mass is 9.33. The van der Waals surface area contributed by atoms with E-state index < -0.39 is 16.8 Å². The average molecular weight is 481 g/mol. The van der Waals surface area contributed by atoms with E-state index in [1.54, 1.807) is 13.0 Å². The molecule has 0 radical (unpaired) electrons. The summed E-state index contributed by atoms with van der Waals surface area (Å²) in [6, 6.07) is 1.61. The maximum atomic E-state index is 13.6. The van der Waals surface area contributed by atoms with Crippen molar-refractivity contribution in [2.75, 3.05) is 0 Å². The van der Waals surface area contributed by atoms with Crippen LogP contribution in [0.3, 0.4) is 0 Å². The van der Waals surface area contributed by atoms with Crippen LogP contribution in [0.15, 0.2) is 17.7 Å². The Morgan fingerprint density at radius 1 is 1.03 bits per heavy atom. The van der Waals surface area contributed by atoms with Crippen molar-refractivity contribution in [2.45, 2.75) is 98.3 Å². The zero-order valence-corrected chi connectivity index (χ0v) is 22.0. The second-order valence-electron chi connectivity index (χ2n) is 13.2. The number of aromatic hydroxyl groups is 2. The molecule has 0 bridgehead atoms. The minimum Gasteiger partial charge on any atom is -0.504 e. The number of fused-ring (bicyclic) bond motifs is 7. The monoisotopic (exact) mass is 480 g/mol. The second-order valence-corrected chi connectivity index (χ2v) is 13.2. The van der Waals surface area contributed by atoms with E-state index in [0.29, 0.717) is 17.5 Å². The first-order valence-electron chi connectivity index (χ1n) is 13.3. The molecular weight excluding hydrogens is 440 g/mol. The number of phenolic OH excluding ortho intramolecular Hbond substituents is 2. The Morgan fingerprint density at radius 3 is 2.31 bits per heavy atom. The highest BCUT2D eigenvalue weighted by atomic mass is 16.4. The van der Waals surface area contributed by atoms with Gasteiger partial charge in [-0.3, -0.25) is 9.59 Å². The van der Waals surface area contributed by atoms with E-state index in [1.807, 2.05) is 13.0 Å². The molecule has 4 aliphatic rings. The van der Waals surface area contributed by atoms with E-state index in [2.05, 4.69) is 27.7 Å². The van der Waals surface area contributed by atoms with Crippen molar-refractivity contribution in [2.24, 2.45) is 27.6 Å². The molecule has 0 amide bonds. The maximum Gasteiger partial charge on any atom is 0.309 e. The number of rotatable bonds is 2. The predicted octanol–water partition coefficient (Wildman–Crippen LogP) is 6.67. The first-order chi connectivity index (χ1) is 16.2. The van der Waals surface area contributed by atoms with Gasteiger partial charge >= 0.3 is 5.97 Å². The average Bonchev–Trinajstić information content (AvgIpc) is 2.80. The van der Waals surface area contributed by atoms with E-state index in [-0.39, 0.29) is 39.4 Å². The molecule has 190 valence electrons. The molecule has 0 aliphatic heterocycles. The normalized spacial score (nSPS) is 42.3. The van der Waals surface area contributed by atoms with Gasteiger partial charge in [-0.15, -0.1) is 0 Å². The quantitative estimate of drug-likeness (QED) is 0.411. The van der Waals surface area contributed by atoms with Crippen LogP contribution >= 0.6 is 0 Å². The topological polar surface area (TPSA) is 94.8 Å². The lowest BCUT2D eigenvalue weighted by molar-refractivity contribution is -0.183. The van der Waals surface area contributed by atoms with Crippen molar-refractivity contribution in [1.82, 2.24) is 0 Å². The highest BCUT2D eigenvalue weighted by Gasteiger charge is 2.68. The van der Waals surface area contributed by atoms with E-state index >= 15 is 0 Å². The van der Waals surface area contributed by atoms with Gasteiger partial charge in [-0.05, 0) is 111 Å². The van der Waals surface area contributed by atoms with Crippen LogP contribution in [-0.2, 0) is 10.2 Å². The third kappa shape index (κ3) is 2.81. The van der Waals surface area contributed by atoms with Crippen molar-refractivity contribution in [3.63, 3.8) is 0 Å². The Kier molecular flexibility index (Phi) is 4.98. The summed E-state index contributed by atoms with van der Waals surface area (Å²) in [4.78, 5) is 25.9. The Morgan fingerprint density at radius 2 is 1.69 bits per heavy atom. The molecular formula is C30H40O5. The number of allylic oxidation sites excluding steroid dienone is 2. The molecule has 5 heteroatoms. The minimum absolute atomic E-state index is 0.0890. The molecule has 5 rings (SSSR count). The third-order valence-corrected chi connectivity index (χ3v) is 11.8. The minimum atomic E-state index is -0.713. The number of carboxylic acids is 1. The van der Waals surface area contributed by atoms with E-state index in [0.717, 1.165) is 56.1 Å². The zero-order valence-electron chi connectivity index (χ0n) is 22.0. The fraction of sp³-hybridized carbons (Fsp3) is 0.667. The lowest BCUT2D eigenvalue weighted by Gasteiger charge is -2.70. The molecule has 5 nitrogen and oxygen atoms in total. The number of phenols is 2. The van der Waals surface area contributed by atoms with Crippen molar-refractivity contribution in [3.05, 3.63) is 34.4 Å². The summed E-state index contributed by atoms with van der Waals surface area (Å²) in [6.45, 7) is 12.8. The second kappa shape index (κ2) is 7.14. The Hall–Kier alpha value is -2.30. The van der Waals surface area contributed by atoms with Gasteiger partial charge in [0.1, 0.15) is 0 Å². The van der Waals surface area contributed by atoms with Gasteiger partial charge in [-0.2, -0.15) is 0 Å². The van der Waals surface area contributed by atoms with Crippen molar-refractivity contribution < 1.29 is 24.9 Å². The molecule has 0 saturated heterocycles. The molecule has 3 saturated carbocycles. The largest absolute Gasteiger partial charge is 0.504 e. The van der Waals surface area contributed by atoms with Crippen molar-refractivity contribution in [1.29, 1.82) is 0 Å². The first-order valence-corrected chi connectivity index (χ1v) is 13.3. The number of carboxylic acid groups (broad SMARTS) is 1. The molecule has 0 unspecified atom stereocenters. The first kappa shape index (κ1) is 24.4. The summed E-state index contributed by atoms with van der Waals surface area (Å²) >= 11 is 0. The van der Waals surface area contributed by atoms with E-state index in [4.69, 9.17) is 0 Å². The maximum absolute atomic E-state index is 13.6. The summed E-state index contributed by atoms with van der Waals surface area (Å²) in [6.07, 6.45) is 8.93. The summed E-state index contributed by atoms with van der Waals surface area (Å²) in [7, 11) is 0. The molecule has 6 atom stereocenters. The van der Waals surface area contributed by atoms with Crippen molar-refractivity contribution in [3.8, 4) is 11.5 Å². The molecule has 4 aliphatic carbocycles. The third-order valence-electron chi connectivity index (χ3n) is 11.8. The SMILES string of the molecule is CC[C@@]12CC[C@]3(C)C(=CC(=O)c4c3cc(O)c(O)c4C)[C@@]1(C)CC[C@@]1(C)CC[C@@](C)(C(=O)O)C[C@H]12. The van der Waals surface area contributed by atoms with Crippen LogP contribution in [0, 0.1) is 34.5 Å². The Balaban J connectivity index is 1.70. The number of carbonyl (C=O) groups excluding carboxylic acids is 1. The van der Waals surface area contributed by atoms with Gasteiger partial charge in [0.2, 0.25) is 0 Å².